The van der Waals surface area contributed by atoms with E-state index in [-0.39, 0.29) is 6.10 Å². The number of hydrogen-bond acceptors (Lipinski definition) is 3. The van der Waals surface area contributed by atoms with Gasteiger partial charge in [-0.25, -0.2) is 4.79 Å². The zero-order valence-corrected chi connectivity index (χ0v) is 12.3. The monoisotopic (exact) mass is 262 g/mol. The first-order valence-corrected chi connectivity index (χ1v) is 6.44. The van der Waals surface area contributed by atoms with Crippen molar-refractivity contribution in [2.24, 2.45) is 5.10 Å². The molecule has 0 saturated carbocycles. The molecule has 0 radical (unpaired) electrons. The third-order valence-electron chi connectivity index (χ3n) is 2.32. The van der Waals surface area contributed by atoms with Crippen molar-refractivity contribution in [3.05, 3.63) is 35.4 Å². The predicted molar refractivity (Wildman–Crippen MR) is 77.1 cm³/mol. The molecule has 0 aromatic heterocycles. The molecule has 19 heavy (non-hydrogen) atoms. The number of hydrazone groups is 1. The molecule has 0 atom stereocenters. The molecule has 0 heterocycles. The molecule has 0 bridgehead atoms. The van der Waals surface area contributed by atoms with Gasteiger partial charge < -0.3 is 4.74 Å². The van der Waals surface area contributed by atoms with E-state index in [2.05, 4.69) is 5.10 Å². The van der Waals surface area contributed by atoms with Gasteiger partial charge >= 0.3 is 6.09 Å². The Hall–Kier alpha value is -1.84. The maximum absolute atomic E-state index is 12.0. The summed E-state index contributed by atoms with van der Waals surface area (Å²) in [4.78, 5) is 12.0. The minimum Gasteiger partial charge on any atom is -0.445 e. The highest BCUT2D eigenvalue weighted by molar-refractivity contribution is 5.80. The van der Waals surface area contributed by atoms with E-state index in [0.717, 1.165) is 11.3 Å². The number of nitrogens with zero attached hydrogens (tertiary/aromatic N) is 2. The largest absolute Gasteiger partial charge is 0.445 e. The average Bonchev–Trinajstić information content (AvgIpc) is 2.29. The summed E-state index contributed by atoms with van der Waals surface area (Å²) < 4.78 is 5.19. The molecule has 0 unspecified atom stereocenters. The van der Waals surface area contributed by atoms with Crippen molar-refractivity contribution in [2.45, 2.75) is 47.3 Å². The highest BCUT2D eigenvalue weighted by atomic mass is 16.6. The third kappa shape index (κ3) is 5.55. The van der Waals surface area contributed by atoms with E-state index < -0.39 is 6.09 Å². The summed E-state index contributed by atoms with van der Waals surface area (Å²) in [6, 6.07) is 8.02. The summed E-state index contributed by atoms with van der Waals surface area (Å²) in [6.07, 6.45) is -0.572. The number of aryl methyl sites for hydroxylation is 1. The average molecular weight is 262 g/mol. The molecule has 1 aromatic carbocycles. The van der Waals surface area contributed by atoms with Gasteiger partial charge in [0.2, 0.25) is 0 Å². The van der Waals surface area contributed by atoms with Crippen LogP contribution in [0.5, 0.6) is 0 Å². The molecular weight excluding hydrogens is 240 g/mol. The Balaban J connectivity index is 2.83. The van der Waals surface area contributed by atoms with Gasteiger partial charge in [0, 0.05) is 5.71 Å². The molecule has 0 aliphatic heterocycles. The molecule has 4 nitrogen and oxygen atoms in total. The Morgan fingerprint density at radius 1 is 1.26 bits per heavy atom. The van der Waals surface area contributed by atoms with Crippen molar-refractivity contribution >= 4 is 11.8 Å². The van der Waals surface area contributed by atoms with E-state index in [1.165, 1.54) is 10.6 Å². The van der Waals surface area contributed by atoms with Crippen LogP contribution in [0.15, 0.2) is 29.4 Å². The molecule has 104 valence electrons. The first-order valence-electron chi connectivity index (χ1n) is 6.44. The molecule has 1 rings (SSSR count). The Bertz CT molecular complexity index is 446. The second kappa shape index (κ2) is 6.92. The van der Waals surface area contributed by atoms with Gasteiger partial charge in [-0.1, -0.05) is 29.8 Å². The van der Waals surface area contributed by atoms with Gasteiger partial charge in [0.05, 0.1) is 12.6 Å². The van der Waals surface area contributed by atoms with Crippen LogP contribution in [-0.2, 0) is 11.3 Å². The topological polar surface area (TPSA) is 41.9 Å². The zero-order valence-electron chi connectivity index (χ0n) is 12.3. The number of amides is 1. The van der Waals surface area contributed by atoms with Gasteiger partial charge in [-0.05, 0) is 40.2 Å². The van der Waals surface area contributed by atoms with Crippen molar-refractivity contribution in [3.8, 4) is 0 Å². The normalized spacial score (nSPS) is 10.2. The van der Waals surface area contributed by atoms with Gasteiger partial charge in [-0.15, -0.1) is 0 Å². The highest BCUT2D eigenvalue weighted by Crippen LogP contribution is 2.10. The summed E-state index contributed by atoms with van der Waals surface area (Å²) >= 11 is 0. The lowest BCUT2D eigenvalue weighted by atomic mass is 10.1. The van der Waals surface area contributed by atoms with E-state index in [9.17, 15) is 4.79 Å². The van der Waals surface area contributed by atoms with Crippen molar-refractivity contribution in [3.63, 3.8) is 0 Å². The predicted octanol–water partition coefficient (Wildman–Crippen LogP) is 3.74. The molecule has 0 N–H and O–H groups in total. The quantitative estimate of drug-likeness (QED) is 0.612. The van der Waals surface area contributed by atoms with Crippen LogP contribution in [0.4, 0.5) is 4.79 Å². The molecule has 4 heteroatoms. The second-order valence-corrected chi connectivity index (χ2v) is 5.02. The van der Waals surface area contributed by atoms with E-state index in [0.29, 0.717) is 6.54 Å². The highest BCUT2D eigenvalue weighted by Gasteiger charge is 2.16. The maximum atomic E-state index is 12.0. The molecular formula is C15H22N2O2. The number of rotatable bonds is 4. The van der Waals surface area contributed by atoms with Crippen LogP contribution in [0.3, 0.4) is 0 Å². The molecule has 1 aromatic rings. The summed E-state index contributed by atoms with van der Waals surface area (Å²) in [7, 11) is 0. The Morgan fingerprint density at radius 3 is 2.32 bits per heavy atom. The van der Waals surface area contributed by atoms with E-state index in [1.54, 1.807) is 0 Å². The summed E-state index contributed by atoms with van der Waals surface area (Å²) in [5.41, 5.74) is 3.03. The molecule has 0 aliphatic rings. The number of carbonyl (C=O) groups excluding carboxylic acids is 1. The lowest BCUT2D eigenvalue weighted by molar-refractivity contribution is 0.0754. The minimum absolute atomic E-state index is 0.152. The number of hydrogen-bond donors (Lipinski definition) is 0. The second-order valence-electron chi connectivity index (χ2n) is 5.02. The SMILES string of the molecule is CC(C)=NN(Cc1ccc(C)cc1)C(=O)OC(C)C. The Morgan fingerprint density at radius 2 is 1.84 bits per heavy atom. The molecule has 0 spiro atoms. The minimum atomic E-state index is -0.420. The van der Waals surface area contributed by atoms with Crippen LogP contribution in [0.25, 0.3) is 0 Å². The van der Waals surface area contributed by atoms with Crippen molar-refractivity contribution in [1.82, 2.24) is 5.01 Å². The van der Waals surface area contributed by atoms with Crippen LogP contribution in [0.2, 0.25) is 0 Å². The number of ether oxygens (including phenoxy) is 1. The zero-order chi connectivity index (χ0) is 14.4. The van der Waals surface area contributed by atoms with Crippen LogP contribution in [-0.4, -0.2) is 22.9 Å². The third-order valence-corrected chi connectivity index (χ3v) is 2.32. The maximum Gasteiger partial charge on any atom is 0.430 e. The van der Waals surface area contributed by atoms with Crippen LogP contribution in [0, 0.1) is 6.92 Å². The van der Waals surface area contributed by atoms with Crippen molar-refractivity contribution in [2.75, 3.05) is 0 Å². The first kappa shape index (κ1) is 15.2. The Labute approximate surface area is 115 Å². The van der Waals surface area contributed by atoms with Gasteiger partial charge in [0.25, 0.3) is 0 Å². The van der Waals surface area contributed by atoms with Crippen LogP contribution >= 0.6 is 0 Å². The van der Waals surface area contributed by atoms with Gasteiger partial charge in [0.1, 0.15) is 0 Å². The lowest BCUT2D eigenvalue weighted by Gasteiger charge is -2.19. The summed E-state index contributed by atoms with van der Waals surface area (Å²) in [5.74, 6) is 0. The number of carbonyl (C=O) groups is 1. The van der Waals surface area contributed by atoms with E-state index in [1.807, 2.05) is 58.9 Å². The van der Waals surface area contributed by atoms with E-state index >= 15 is 0 Å². The van der Waals surface area contributed by atoms with Crippen LogP contribution < -0.4 is 0 Å². The fourth-order valence-corrected chi connectivity index (χ4v) is 1.51. The molecule has 0 aliphatic carbocycles. The fraction of sp³-hybridized carbons (Fsp3) is 0.467. The summed E-state index contributed by atoms with van der Waals surface area (Å²) in [5, 5.41) is 5.58. The van der Waals surface area contributed by atoms with Crippen LogP contribution in [0.1, 0.15) is 38.8 Å². The van der Waals surface area contributed by atoms with Gasteiger partial charge in [0.15, 0.2) is 0 Å². The smallest absolute Gasteiger partial charge is 0.430 e. The van der Waals surface area contributed by atoms with Gasteiger partial charge in [-0.2, -0.15) is 10.1 Å². The first-order chi connectivity index (χ1) is 8.88. The summed E-state index contributed by atoms with van der Waals surface area (Å²) in [6.45, 7) is 9.80. The standard InChI is InChI=1S/C15H22N2O2/c1-11(2)16-17(15(18)19-12(3)4)10-14-8-6-13(5)7-9-14/h6-9,12H,10H2,1-5H3. The van der Waals surface area contributed by atoms with E-state index in [4.69, 9.17) is 4.74 Å². The Kier molecular flexibility index (Phi) is 5.55. The van der Waals surface area contributed by atoms with Crippen molar-refractivity contribution in [1.29, 1.82) is 0 Å². The molecule has 1 amide bonds. The van der Waals surface area contributed by atoms with Crippen molar-refractivity contribution < 1.29 is 9.53 Å². The molecule has 0 saturated heterocycles. The van der Waals surface area contributed by atoms with Gasteiger partial charge in [-0.3, -0.25) is 0 Å². The lowest BCUT2D eigenvalue weighted by Crippen LogP contribution is -2.29. The number of benzene rings is 1. The fourth-order valence-electron chi connectivity index (χ4n) is 1.51. The molecule has 0 fully saturated rings.